The summed E-state index contributed by atoms with van der Waals surface area (Å²) in [6.07, 6.45) is 6.12. The molecule has 2 rings (SSSR count). The minimum atomic E-state index is -0.770. The molecular formula is C16H18ClN3O5. The quantitative estimate of drug-likeness (QED) is 0.467. The van der Waals surface area contributed by atoms with Crippen molar-refractivity contribution in [2.75, 3.05) is 19.6 Å². The summed E-state index contributed by atoms with van der Waals surface area (Å²) in [6, 6.07) is 4.80. The molecule has 1 amide bonds. The van der Waals surface area contributed by atoms with E-state index in [2.05, 4.69) is 11.2 Å². The van der Waals surface area contributed by atoms with Gasteiger partial charge < -0.3 is 10.1 Å². The van der Waals surface area contributed by atoms with Crippen LogP contribution in [0.4, 0.5) is 10.5 Å². The SMILES string of the molecule is C#CCN(CC(=O)[C@@H]1CCCN1)C(=O)Oc1ccc([N+](=O)[O-])cc1.Cl. The Morgan fingerprint density at radius 3 is 2.60 bits per heavy atom. The number of ketones is 1. The lowest BCUT2D eigenvalue weighted by atomic mass is 10.1. The monoisotopic (exact) mass is 367 g/mol. The Hall–Kier alpha value is -2.63. The van der Waals surface area contributed by atoms with E-state index in [9.17, 15) is 19.7 Å². The topological polar surface area (TPSA) is 102 Å². The van der Waals surface area contributed by atoms with E-state index in [0.29, 0.717) is 0 Å². The fourth-order valence-corrected chi connectivity index (χ4v) is 2.35. The van der Waals surface area contributed by atoms with Crippen LogP contribution in [0.2, 0.25) is 0 Å². The number of amides is 1. The predicted octanol–water partition coefficient (Wildman–Crippen LogP) is 1.77. The molecule has 0 aliphatic carbocycles. The van der Waals surface area contributed by atoms with Gasteiger partial charge in [-0.1, -0.05) is 5.92 Å². The van der Waals surface area contributed by atoms with E-state index in [0.717, 1.165) is 24.3 Å². The van der Waals surface area contributed by atoms with Gasteiger partial charge in [0, 0.05) is 12.1 Å². The number of hydrogen-bond acceptors (Lipinski definition) is 6. The number of terminal acetylenes is 1. The molecule has 1 N–H and O–H groups in total. The summed E-state index contributed by atoms with van der Waals surface area (Å²) >= 11 is 0. The molecule has 134 valence electrons. The van der Waals surface area contributed by atoms with Gasteiger partial charge in [0.1, 0.15) is 5.75 Å². The third-order valence-corrected chi connectivity index (χ3v) is 3.59. The summed E-state index contributed by atoms with van der Waals surface area (Å²) in [6.45, 7) is 0.566. The third kappa shape index (κ3) is 5.74. The summed E-state index contributed by atoms with van der Waals surface area (Å²) in [5.41, 5.74) is -0.113. The number of non-ortho nitro benzene ring substituents is 1. The minimum absolute atomic E-state index is 0. The van der Waals surface area contributed by atoms with Gasteiger partial charge >= 0.3 is 6.09 Å². The molecule has 0 spiro atoms. The Morgan fingerprint density at radius 2 is 2.08 bits per heavy atom. The van der Waals surface area contributed by atoms with Crippen molar-refractivity contribution in [3.63, 3.8) is 0 Å². The second-order valence-electron chi connectivity index (χ2n) is 5.29. The first kappa shape index (κ1) is 20.4. The molecule has 25 heavy (non-hydrogen) atoms. The number of nitrogens with zero attached hydrogens (tertiary/aromatic N) is 2. The number of benzene rings is 1. The van der Waals surface area contributed by atoms with Crippen molar-refractivity contribution >= 4 is 30.0 Å². The first-order chi connectivity index (χ1) is 11.5. The summed E-state index contributed by atoms with van der Waals surface area (Å²) < 4.78 is 5.12. The van der Waals surface area contributed by atoms with Crippen molar-refractivity contribution < 1.29 is 19.2 Å². The van der Waals surface area contributed by atoms with Crippen LogP contribution < -0.4 is 10.1 Å². The lowest BCUT2D eigenvalue weighted by Gasteiger charge is -2.20. The van der Waals surface area contributed by atoms with Crippen LogP contribution in [0.3, 0.4) is 0 Å². The molecule has 8 nitrogen and oxygen atoms in total. The molecule has 0 aromatic heterocycles. The number of nitro benzene ring substituents is 1. The molecule has 1 aliphatic rings. The zero-order valence-electron chi connectivity index (χ0n) is 13.3. The fraction of sp³-hybridized carbons (Fsp3) is 0.375. The maximum absolute atomic E-state index is 12.2. The van der Waals surface area contributed by atoms with Crippen LogP contribution in [0.25, 0.3) is 0 Å². The van der Waals surface area contributed by atoms with Crippen LogP contribution in [0.15, 0.2) is 24.3 Å². The van der Waals surface area contributed by atoms with Crippen molar-refractivity contribution in [2.45, 2.75) is 18.9 Å². The maximum atomic E-state index is 12.2. The van der Waals surface area contributed by atoms with Crippen molar-refractivity contribution in [1.29, 1.82) is 0 Å². The van der Waals surface area contributed by atoms with Crippen LogP contribution in [0.1, 0.15) is 12.8 Å². The number of halogens is 1. The van der Waals surface area contributed by atoms with Crippen LogP contribution >= 0.6 is 12.4 Å². The van der Waals surface area contributed by atoms with Crippen molar-refractivity contribution in [3.05, 3.63) is 34.4 Å². The number of nitrogens with one attached hydrogen (secondary N) is 1. The summed E-state index contributed by atoms with van der Waals surface area (Å²) in [4.78, 5) is 35.5. The molecule has 0 radical (unpaired) electrons. The van der Waals surface area contributed by atoms with E-state index in [1.54, 1.807) is 0 Å². The Morgan fingerprint density at radius 1 is 1.40 bits per heavy atom. The smallest absolute Gasteiger partial charge is 0.410 e. The van der Waals surface area contributed by atoms with E-state index >= 15 is 0 Å². The highest BCUT2D eigenvalue weighted by Crippen LogP contribution is 2.18. The highest BCUT2D eigenvalue weighted by Gasteiger charge is 2.26. The van der Waals surface area contributed by atoms with Crippen LogP contribution in [0.5, 0.6) is 5.75 Å². The van der Waals surface area contributed by atoms with Gasteiger partial charge in [0.2, 0.25) is 0 Å². The zero-order chi connectivity index (χ0) is 17.5. The summed E-state index contributed by atoms with van der Waals surface area (Å²) in [7, 11) is 0. The van der Waals surface area contributed by atoms with Gasteiger partial charge in [-0.05, 0) is 31.5 Å². The fourth-order valence-electron chi connectivity index (χ4n) is 2.35. The molecule has 1 aliphatic heterocycles. The van der Waals surface area contributed by atoms with Gasteiger partial charge in [-0.15, -0.1) is 18.8 Å². The Balaban J connectivity index is 0.00000312. The third-order valence-electron chi connectivity index (χ3n) is 3.59. The van der Waals surface area contributed by atoms with Crippen LogP contribution in [-0.2, 0) is 4.79 Å². The number of carbonyl (C=O) groups is 2. The van der Waals surface area contributed by atoms with Crippen LogP contribution in [-0.4, -0.2) is 47.4 Å². The van der Waals surface area contributed by atoms with Crippen molar-refractivity contribution in [1.82, 2.24) is 10.2 Å². The highest BCUT2D eigenvalue weighted by atomic mass is 35.5. The van der Waals surface area contributed by atoms with E-state index < -0.39 is 11.0 Å². The average Bonchev–Trinajstić information content (AvgIpc) is 3.09. The molecule has 1 saturated heterocycles. The molecule has 0 saturated carbocycles. The lowest BCUT2D eigenvalue weighted by Crippen LogP contribution is -2.43. The molecule has 1 atom stereocenters. The van der Waals surface area contributed by atoms with Crippen molar-refractivity contribution in [3.8, 4) is 18.1 Å². The first-order valence-corrected chi connectivity index (χ1v) is 7.42. The molecule has 1 fully saturated rings. The molecule has 1 aromatic rings. The van der Waals surface area contributed by atoms with Crippen LogP contribution in [0, 0.1) is 22.5 Å². The van der Waals surface area contributed by atoms with E-state index in [-0.39, 0.29) is 48.8 Å². The molecule has 0 bridgehead atoms. The van der Waals surface area contributed by atoms with Gasteiger partial charge in [-0.2, -0.15) is 0 Å². The number of Topliss-reactive ketones (excluding diaryl/α,β-unsaturated/α-hetero) is 1. The minimum Gasteiger partial charge on any atom is -0.410 e. The molecule has 1 aromatic carbocycles. The number of rotatable bonds is 6. The number of ether oxygens (including phenoxy) is 1. The largest absolute Gasteiger partial charge is 0.416 e. The molecule has 1 heterocycles. The normalized spacial score (nSPS) is 15.6. The van der Waals surface area contributed by atoms with E-state index in [1.165, 1.54) is 24.3 Å². The maximum Gasteiger partial charge on any atom is 0.416 e. The number of carbonyl (C=O) groups excluding carboxylic acids is 2. The second-order valence-corrected chi connectivity index (χ2v) is 5.29. The van der Waals surface area contributed by atoms with Gasteiger partial charge in [0.05, 0.1) is 24.1 Å². The van der Waals surface area contributed by atoms with Crippen molar-refractivity contribution in [2.24, 2.45) is 0 Å². The lowest BCUT2D eigenvalue weighted by molar-refractivity contribution is -0.384. The van der Waals surface area contributed by atoms with E-state index in [4.69, 9.17) is 11.2 Å². The first-order valence-electron chi connectivity index (χ1n) is 7.42. The Kier molecular flexibility index (Phi) is 7.85. The standard InChI is InChI=1S/C16H17N3O5.ClH/c1-2-10-18(11-15(20)14-4-3-9-17-14)16(21)24-13-7-5-12(6-8-13)19(22)23;/h1,5-8,14,17H,3-4,9-11H2;1H/t14-;/m0./s1. The van der Waals surface area contributed by atoms with E-state index in [1.807, 2.05) is 0 Å². The number of hydrogen-bond donors (Lipinski definition) is 1. The molecule has 9 heteroatoms. The second kappa shape index (κ2) is 9.61. The average molecular weight is 368 g/mol. The highest BCUT2D eigenvalue weighted by molar-refractivity contribution is 5.89. The predicted molar refractivity (Wildman–Crippen MR) is 92.8 cm³/mol. The zero-order valence-corrected chi connectivity index (χ0v) is 14.2. The molecule has 0 unspecified atom stereocenters. The number of nitro groups is 1. The summed E-state index contributed by atoms with van der Waals surface area (Å²) in [5.74, 6) is 2.33. The van der Waals surface area contributed by atoms with Gasteiger partial charge in [-0.3, -0.25) is 19.8 Å². The van der Waals surface area contributed by atoms with Gasteiger partial charge in [0.25, 0.3) is 5.69 Å². The Bertz CT molecular complexity index is 665. The Labute approximate surface area is 151 Å². The molecular weight excluding hydrogens is 350 g/mol. The van der Waals surface area contributed by atoms with Gasteiger partial charge in [-0.25, -0.2) is 4.79 Å². The van der Waals surface area contributed by atoms with Gasteiger partial charge in [0.15, 0.2) is 5.78 Å². The summed E-state index contributed by atoms with van der Waals surface area (Å²) in [5, 5.41) is 13.7.